The van der Waals surface area contributed by atoms with Gasteiger partial charge in [0.2, 0.25) is 0 Å². The second-order valence-corrected chi connectivity index (χ2v) is 7.58. The Labute approximate surface area is 157 Å². The molecule has 0 spiro atoms. The number of hydrogen-bond acceptors (Lipinski definition) is 7. The quantitative estimate of drug-likeness (QED) is 0.742. The minimum atomic E-state index is 0.433. The summed E-state index contributed by atoms with van der Waals surface area (Å²) in [5.74, 6) is 2.83. The predicted molar refractivity (Wildman–Crippen MR) is 104 cm³/mol. The van der Waals surface area contributed by atoms with Gasteiger partial charge in [0.25, 0.3) is 0 Å². The normalized spacial score (nSPS) is 18.0. The summed E-state index contributed by atoms with van der Waals surface area (Å²) in [6.45, 7) is 5.09. The molecule has 0 amide bonds. The molecule has 0 aliphatic carbocycles. The smallest absolute Gasteiger partial charge is 0.135 e. The first-order valence-electron chi connectivity index (χ1n) is 8.89. The molecule has 1 aliphatic rings. The lowest BCUT2D eigenvalue weighted by Gasteiger charge is -2.32. The van der Waals surface area contributed by atoms with Crippen LogP contribution in [0.15, 0.2) is 42.2 Å². The average Bonchev–Trinajstić information content (AvgIpc) is 3.15. The van der Waals surface area contributed by atoms with Gasteiger partial charge < -0.3 is 5.32 Å². The van der Waals surface area contributed by atoms with E-state index < -0.39 is 0 Å². The Morgan fingerprint density at radius 1 is 1.27 bits per heavy atom. The van der Waals surface area contributed by atoms with Crippen molar-refractivity contribution in [1.82, 2.24) is 24.8 Å². The molecule has 7 heteroatoms. The molecule has 0 saturated carbocycles. The molecule has 3 aromatic heterocycles. The number of anilines is 2. The van der Waals surface area contributed by atoms with Gasteiger partial charge in [0.1, 0.15) is 17.5 Å². The van der Waals surface area contributed by atoms with E-state index in [4.69, 9.17) is 4.98 Å². The third kappa shape index (κ3) is 4.23. The Morgan fingerprint density at radius 3 is 3.04 bits per heavy atom. The van der Waals surface area contributed by atoms with Gasteiger partial charge in [0.05, 0.1) is 11.2 Å². The molecule has 26 heavy (non-hydrogen) atoms. The lowest BCUT2D eigenvalue weighted by molar-refractivity contribution is 0.200. The first-order chi connectivity index (χ1) is 12.8. The Hall–Kier alpha value is -2.38. The van der Waals surface area contributed by atoms with Crippen LogP contribution in [0.25, 0.3) is 0 Å². The van der Waals surface area contributed by atoms with E-state index >= 15 is 0 Å². The summed E-state index contributed by atoms with van der Waals surface area (Å²) in [6.07, 6.45) is 6.10. The number of thiazole rings is 1. The van der Waals surface area contributed by atoms with Crippen molar-refractivity contribution >= 4 is 23.0 Å². The molecule has 0 bridgehead atoms. The van der Waals surface area contributed by atoms with Gasteiger partial charge in [-0.2, -0.15) is 0 Å². The maximum absolute atomic E-state index is 4.72. The van der Waals surface area contributed by atoms with Crippen molar-refractivity contribution in [2.75, 3.05) is 18.4 Å². The van der Waals surface area contributed by atoms with E-state index in [1.807, 2.05) is 36.8 Å². The van der Waals surface area contributed by atoms with Gasteiger partial charge in [-0.15, -0.1) is 11.3 Å². The predicted octanol–water partition coefficient (Wildman–Crippen LogP) is 3.76. The summed E-state index contributed by atoms with van der Waals surface area (Å²) in [6, 6.07) is 7.88. The second kappa shape index (κ2) is 7.88. The standard InChI is InChI=1S/C19H22N6S/c1-14-22-17(9-19(23-14)24-18-6-2-3-7-21-18)15-5-4-8-25(11-15)12-16-10-20-13-26-16/h2-3,6-7,9-10,13,15H,4-5,8,11-12H2,1H3,(H,21,22,23,24)/t15-/m1/s1. The third-order valence-corrected chi connectivity index (χ3v) is 5.33. The van der Waals surface area contributed by atoms with E-state index in [0.29, 0.717) is 5.92 Å². The third-order valence-electron chi connectivity index (χ3n) is 4.57. The van der Waals surface area contributed by atoms with Gasteiger partial charge in [-0.1, -0.05) is 6.07 Å². The molecule has 1 atom stereocenters. The zero-order chi connectivity index (χ0) is 17.8. The Balaban J connectivity index is 1.49. The highest BCUT2D eigenvalue weighted by Gasteiger charge is 2.23. The number of aromatic nitrogens is 4. The molecule has 4 rings (SSSR count). The zero-order valence-electron chi connectivity index (χ0n) is 14.8. The van der Waals surface area contributed by atoms with Crippen molar-refractivity contribution in [2.24, 2.45) is 0 Å². The van der Waals surface area contributed by atoms with Crippen LogP contribution >= 0.6 is 11.3 Å². The number of likely N-dealkylation sites (tertiary alicyclic amines) is 1. The summed E-state index contributed by atoms with van der Waals surface area (Å²) in [7, 11) is 0. The highest BCUT2D eigenvalue weighted by Crippen LogP contribution is 2.28. The van der Waals surface area contributed by atoms with Crippen LogP contribution < -0.4 is 5.32 Å². The van der Waals surface area contributed by atoms with Crippen LogP contribution in [0.3, 0.4) is 0 Å². The summed E-state index contributed by atoms with van der Waals surface area (Å²) >= 11 is 1.72. The van der Waals surface area contributed by atoms with Crippen molar-refractivity contribution < 1.29 is 0 Å². The van der Waals surface area contributed by atoms with Crippen LogP contribution in [0.5, 0.6) is 0 Å². The van der Waals surface area contributed by atoms with E-state index in [0.717, 1.165) is 42.8 Å². The van der Waals surface area contributed by atoms with Gasteiger partial charge in [-0.25, -0.2) is 15.0 Å². The highest BCUT2D eigenvalue weighted by molar-refractivity contribution is 7.09. The minimum Gasteiger partial charge on any atom is -0.325 e. The van der Waals surface area contributed by atoms with E-state index in [1.54, 1.807) is 17.5 Å². The minimum absolute atomic E-state index is 0.433. The van der Waals surface area contributed by atoms with E-state index in [9.17, 15) is 0 Å². The lowest BCUT2D eigenvalue weighted by atomic mass is 9.94. The Kier molecular flexibility index (Phi) is 5.17. The molecule has 3 aromatic rings. The molecule has 0 radical (unpaired) electrons. The number of piperidine rings is 1. The summed E-state index contributed by atoms with van der Waals surface area (Å²) in [5, 5.41) is 3.29. The number of hydrogen-bond donors (Lipinski definition) is 1. The first kappa shape index (κ1) is 17.1. The maximum atomic E-state index is 4.72. The molecule has 1 fully saturated rings. The SMILES string of the molecule is Cc1nc(Nc2ccccn2)cc([C@@H]2CCCN(Cc3cncs3)C2)n1. The first-order valence-corrected chi connectivity index (χ1v) is 9.77. The maximum Gasteiger partial charge on any atom is 0.135 e. The average molecular weight is 366 g/mol. The van der Waals surface area contributed by atoms with E-state index in [2.05, 4.69) is 31.2 Å². The fraction of sp³-hybridized carbons (Fsp3) is 0.368. The zero-order valence-corrected chi connectivity index (χ0v) is 15.6. The van der Waals surface area contributed by atoms with Crippen LogP contribution in [0.1, 0.15) is 35.2 Å². The molecule has 0 aromatic carbocycles. The van der Waals surface area contributed by atoms with Gasteiger partial charge in [-0.3, -0.25) is 9.88 Å². The Bertz CT molecular complexity index is 837. The van der Waals surface area contributed by atoms with Crippen molar-refractivity contribution in [2.45, 2.75) is 32.2 Å². The molecular formula is C19H22N6S. The molecule has 1 N–H and O–H groups in total. The monoisotopic (exact) mass is 366 g/mol. The molecule has 4 heterocycles. The van der Waals surface area contributed by atoms with E-state index in [-0.39, 0.29) is 0 Å². The van der Waals surface area contributed by atoms with Crippen molar-refractivity contribution in [1.29, 1.82) is 0 Å². The van der Waals surface area contributed by atoms with Gasteiger partial charge in [0.15, 0.2) is 0 Å². The van der Waals surface area contributed by atoms with Gasteiger partial charge in [0, 0.05) is 42.3 Å². The van der Waals surface area contributed by atoms with Gasteiger partial charge in [-0.05, 0) is 38.4 Å². The topological polar surface area (TPSA) is 66.8 Å². The summed E-state index contributed by atoms with van der Waals surface area (Å²) < 4.78 is 0. The highest BCUT2D eigenvalue weighted by atomic mass is 32.1. The Morgan fingerprint density at radius 2 is 2.23 bits per heavy atom. The molecule has 1 aliphatic heterocycles. The number of aryl methyl sites for hydroxylation is 1. The van der Waals surface area contributed by atoms with Crippen molar-refractivity contribution in [3.63, 3.8) is 0 Å². The van der Waals surface area contributed by atoms with Crippen molar-refractivity contribution in [3.8, 4) is 0 Å². The number of rotatable bonds is 5. The number of nitrogens with one attached hydrogen (secondary N) is 1. The lowest BCUT2D eigenvalue weighted by Crippen LogP contribution is -2.34. The van der Waals surface area contributed by atoms with Crippen LogP contribution in [-0.2, 0) is 6.54 Å². The van der Waals surface area contributed by atoms with E-state index in [1.165, 1.54) is 17.7 Å². The molecule has 0 unspecified atom stereocenters. The van der Waals surface area contributed by atoms with Gasteiger partial charge >= 0.3 is 0 Å². The number of nitrogens with zero attached hydrogens (tertiary/aromatic N) is 5. The van der Waals surface area contributed by atoms with Crippen LogP contribution in [0.4, 0.5) is 11.6 Å². The fourth-order valence-corrected chi connectivity index (χ4v) is 4.05. The molecular weight excluding hydrogens is 344 g/mol. The molecule has 1 saturated heterocycles. The fourth-order valence-electron chi connectivity index (χ4n) is 3.41. The summed E-state index contributed by atoms with van der Waals surface area (Å²) in [5.41, 5.74) is 3.02. The van der Waals surface area contributed by atoms with Crippen LogP contribution in [-0.4, -0.2) is 37.9 Å². The van der Waals surface area contributed by atoms with Crippen LogP contribution in [0.2, 0.25) is 0 Å². The molecule has 6 nitrogen and oxygen atoms in total. The summed E-state index contributed by atoms with van der Waals surface area (Å²) in [4.78, 5) is 21.6. The van der Waals surface area contributed by atoms with Crippen LogP contribution in [0, 0.1) is 6.92 Å². The van der Waals surface area contributed by atoms with Crippen molar-refractivity contribution in [3.05, 3.63) is 58.6 Å². The second-order valence-electron chi connectivity index (χ2n) is 6.61. The molecule has 134 valence electrons. The number of pyridine rings is 1. The largest absolute Gasteiger partial charge is 0.325 e.